The number of carbonyl (C=O) groups excluding carboxylic acids is 1. The highest BCUT2D eigenvalue weighted by Gasteiger charge is 2.52. The Morgan fingerprint density at radius 1 is 1.20 bits per heavy atom. The second kappa shape index (κ2) is 6.76. The normalized spacial score (nSPS) is 14.6. The van der Waals surface area contributed by atoms with Crippen molar-refractivity contribution in [2.75, 3.05) is 18.6 Å². The van der Waals surface area contributed by atoms with Gasteiger partial charge in [0.15, 0.2) is 6.61 Å². The molecule has 2 aromatic carbocycles. The molecule has 0 spiro atoms. The number of halogens is 1. The average molecular weight is 360 g/mol. The number of anilines is 1. The second-order valence-electron chi connectivity index (χ2n) is 6.13. The number of nitrogens with zero attached hydrogens (tertiary/aromatic N) is 1. The number of ether oxygens (including phenoxy) is 1. The Hall–Kier alpha value is -2.53. The van der Waals surface area contributed by atoms with Crippen LogP contribution in [0.2, 0.25) is 5.02 Å². The Labute approximate surface area is 150 Å². The third kappa shape index (κ3) is 3.61. The van der Waals surface area contributed by atoms with Gasteiger partial charge in [0.05, 0.1) is 5.41 Å². The van der Waals surface area contributed by atoms with E-state index in [9.17, 15) is 9.59 Å². The van der Waals surface area contributed by atoms with E-state index in [-0.39, 0.29) is 5.91 Å². The summed E-state index contributed by atoms with van der Waals surface area (Å²) < 4.78 is 5.11. The van der Waals surface area contributed by atoms with Crippen LogP contribution in [0.4, 0.5) is 5.69 Å². The molecule has 1 amide bonds. The van der Waals surface area contributed by atoms with E-state index >= 15 is 0 Å². The minimum absolute atomic E-state index is 0.0222. The summed E-state index contributed by atoms with van der Waals surface area (Å²) in [7, 11) is 1.74. The van der Waals surface area contributed by atoms with E-state index in [1.165, 1.54) is 0 Å². The number of benzene rings is 2. The van der Waals surface area contributed by atoms with Crippen LogP contribution in [-0.4, -0.2) is 30.6 Å². The van der Waals surface area contributed by atoms with Crippen molar-refractivity contribution in [1.82, 2.24) is 0 Å². The van der Waals surface area contributed by atoms with E-state index in [0.29, 0.717) is 10.8 Å². The lowest BCUT2D eigenvalue weighted by Gasteiger charge is -2.24. The van der Waals surface area contributed by atoms with Crippen LogP contribution in [0, 0.1) is 0 Å². The first kappa shape index (κ1) is 17.3. The summed E-state index contributed by atoms with van der Waals surface area (Å²) in [6.45, 7) is -0.397. The van der Waals surface area contributed by atoms with E-state index in [1.54, 1.807) is 42.3 Å². The lowest BCUT2D eigenvalue weighted by atomic mass is 9.94. The first-order chi connectivity index (χ1) is 11.9. The zero-order chi connectivity index (χ0) is 18.0. The number of carboxylic acids is 1. The number of carbonyl (C=O) groups is 2. The monoisotopic (exact) mass is 359 g/mol. The Bertz CT molecular complexity index is 799. The van der Waals surface area contributed by atoms with Crippen LogP contribution >= 0.6 is 11.6 Å². The molecule has 1 aliphatic rings. The number of amides is 1. The summed E-state index contributed by atoms with van der Waals surface area (Å²) in [5, 5.41) is 9.25. The highest BCUT2D eigenvalue weighted by atomic mass is 35.5. The number of aliphatic carboxylic acids is 1. The fraction of sp³-hybridized carbons (Fsp3) is 0.263. The maximum absolute atomic E-state index is 13.0. The molecule has 6 heteroatoms. The molecule has 1 N–H and O–H groups in total. The van der Waals surface area contributed by atoms with Crippen LogP contribution in [0.3, 0.4) is 0 Å². The van der Waals surface area contributed by atoms with Gasteiger partial charge in [0.25, 0.3) is 0 Å². The molecule has 0 atom stereocenters. The molecule has 1 aliphatic carbocycles. The zero-order valence-corrected chi connectivity index (χ0v) is 14.5. The van der Waals surface area contributed by atoms with Gasteiger partial charge in [-0.05, 0) is 54.8 Å². The number of carboxylic acid groups (broad SMARTS) is 1. The van der Waals surface area contributed by atoms with E-state index in [1.807, 2.05) is 18.2 Å². The largest absolute Gasteiger partial charge is 0.482 e. The van der Waals surface area contributed by atoms with Crippen LogP contribution in [0.15, 0.2) is 48.5 Å². The molecule has 0 unspecified atom stereocenters. The summed E-state index contributed by atoms with van der Waals surface area (Å²) in [6, 6.07) is 14.2. The smallest absolute Gasteiger partial charge is 0.341 e. The molecule has 1 fully saturated rings. The van der Waals surface area contributed by atoms with Crippen molar-refractivity contribution < 1.29 is 19.4 Å². The van der Waals surface area contributed by atoms with Gasteiger partial charge in [0, 0.05) is 17.8 Å². The van der Waals surface area contributed by atoms with E-state index < -0.39 is 18.0 Å². The standard InChI is InChI=1S/C19H18ClNO4/c1-21(15-5-7-16(8-6-15)25-12-17(22)23)18(24)19(9-10-19)13-3-2-4-14(20)11-13/h2-8,11H,9-10,12H2,1H3,(H,22,23). The van der Waals surface area contributed by atoms with Crippen molar-refractivity contribution in [1.29, 1.82) is 0 Å². The van der Waals surface area contributed by atoms with Crippen LogP contribution in [-0.2, 0) is 15.0 Å². The molecule has 0 saturated heterocycles. The molecular weight excluding hydrogens is 342 g/mol. The SMILES string of the molecule is CN(C(=O)C1(c2cccc(Cl)c2)CC1)c1ccc(OCC(=O)O)cc1. The number of hydrogen-bond acceptors (Lipinski definition) is 3. The average Bonchev–Trinajstić information content (AvgIpc) is 3.41. The highest BCUT2D eigenvalue weighted by molar-refractivity contribution is 6.30. The van der Waals surface area contributed by atoms with Gasteiger partial charge in [-0.15, -0.1) is 0 Å². The number of rotatable bonds is 6. The van der Waals surface area contributed by atoms with Crippen molar-refractivity contribution in [3.8, 4) is 5.75 Å². The maximum atomic E-state index is 13.0. The molecule has 2 aromatic rings. The molecule has 0 aliphatic heterocycles. The summed E-state index contributed by atoms with van der Waals surface area (Å²) in [4.78, 5) is 25.2. The first-order valence-corrected chi connectivity index (χ1v) is 8.29. The van der Waals surface area contributed by atoms with Gasteiger partial charge >= 0.3 is 5.97 Å². The van der Waals surface area contributed by atoms with Crippen molar-refractivity contribution in [2.24, 2.45) is 0 Å². The first-order valence-electron chi connectivity index (χ1n) is 7.91. The topological polar surface area (TPSA) is 66.8 Å². The van der Waals surface area contributed by atoms with E-state index in [0.717, 1.165) is 24.1 Å². The Morgan fingerprint density at radius 3 is 2.44 bits per heavy atom. The quantitative estimate of drug-likeness (QED) is 0.857. The van der Waals surface area contributed by atoms with Crippen LogP contribution in [0.25, 0.3) is 0 Å². The molecule has 1 saturated carbocycles. The van der Waals surface area contributed by atoms with Gasteiger partial charge in [-0.3, -0.25) is 4.79 Å². The molecule has 0 bridgehead atoms. The summed E-state index contributed by atoms with van der Waals surface area (Å²) >= 11 is 6.07. The van der Waals surface area contributed by atoms with Crippen LogP contribution < -0.4 is 9.64 Å². The lowest BCUT2D eigenvalue weighted by molar-refractivity contribution is -0.139. The van der Waals surface area contributed by atoms with Gasteiger partial charge in [0.2, 0.25) is 5.91 Å². The summed E-state index contributed by atoms with van der Waals surface area (Å²) in [5.74, 6) is -0.564. The lowest BCUT2D eigenvalue weighted by Crippen LogP contribution is -2.36. The predicted molar refractivity (Wildman–Crippen MR) is 95.3 cm³/mol. The van der Waals surface area contributed by atoms with Crippen LogP contribution in [0.1, 0.15) is 18.4 Å². The Kier molecular flexibility index (Phi) is 4.68. The van der Waals surface area contributed by atoms with Gasteiger partial charge < -0.3 is 14.7 Å². The highest BCUT2D eigenvalue weighted by Crippen LogP contribution is 2.50. The van der Waals surface area contributed by atoms with Crippen molar-refractivity contribution in [2.45, 2.75) is 18.3 Å². The summed E-state index contributed by atoms with van der Waals surface area (Å²) in [6.07, 6.45) is 1.60. The predicted octanol–water partition coefficient (Wildman–Crippen LogP) is 3.50. The Morgan fingerprint density at radius 2 is 1.88 bits per heavy atom. The third-order valence-electron chi connectivity index (χ3n) is 4.43. The molecular formula is C19H18ClNO4. The molecule has 25 heavy (non-hydrogen) atoms. The van der Waals surface area contributed by atoms with Gasteiger partial charge in [-0.1, -0.05) is 23.7 Å². The molecule has 0 aromatic heterocycles. The van der Waals surface area contributed by atoms with Crippen molar-refractivity contribution >= 4 is 29.2 Å². The fourth-order valence-corrected chi connectivity index (χ4v) is 3.08. The van der Waals surface area contributed by atoms with Gasteiger partial charge in [-0.25, -0.2) is 4.79 Å². The van der Waals surface area contributed by atoms with Crippen LogP contribution in [0.5, 0.6) is 5.75 Å². The molecule has 0 heterocycles. The molecule has 3 rings (SSSR count). The second-order valence-corrected chi connectivity index (χ2v) is 6.57. The van der Waals surface area contributed by atoms with Crippen molar-refractivity contribution in [3.63, 3.8) is 0 Å². The minimum atomic E-state index is -1.03. The van der Waals surface area contributed by atoms with E-state index in [4.69, 9.17) is 21.4 Å². The summed E-state index contributed by atoms with van der Waals surface area (Å²) in [5.41, 5.74) is 1.16. The van der Waals surface area contributed by atoms with Gasteiger partial charge in [0.1, 0.15) is 5.75 Å². The molecule has 130 valence electrons. The number of hydrogen-bond donors (Lipinski definition) is 1. The third-order valence-corrected chi connectivity index (χ3v) is 4.66. The molecule has 0 radical (unpaired) electrons. The maximum Gasteiger partial charge on any atom is 0.341 e. The Balaban J connectivity index is 1.75. The van der Waals surface area contributed by atoms with Crippen molar-refractivity contribution in [3.05, 3.63) is 59.1 Å². The van der Waals surface area contributed by atoms with E-state index in [2.05, 4.69) is 0 Å². The number of likely N-dealkylation sites (N-methyl/N-ethyl adjacent to an activating group) is 1. The van der Waals surface area contributed by atoms with Gasteiger partial charge in [-0.2, -0.15) is 0 Å². The zero-order valence-electron chi connectivity index (χ0n) is 13.7. The fourth-order valence-electron chi connectivity index (χ4n) is 2.89. The minimum Gasteiger partial charge on any atom is -0.482 e. The molecule has 5 nitrogen and oxygen atoms in total.